The standard InChI is InChI=1S/C27H26N4O2S/c1-20(32)22-9-11-23(12-10-22)29-13-15-30(16-14-29)27(33)24-19-31(18-21-6-3-2-4-7-21)28-26(24)25-8-5-17-34-25/h2-12,17,19H,13-16,18H2,1H3. The first kappa shape index (κ1) is 22.1. The van der Waals surface area contributed by atoms with E-state index in [0.717, 1.165) is 34.9 Å². The number of hydrogen-bond donors (Lipinski definition) is 0. The van der Waals surface area contributed by atoms with E-state index in [9.17, 15) is 9.59 Å². The van der Waals surface area contributed by atoms with Gasteiger partial charge in [-0.2, -0.15) is 5.10 Å². The molecule has 172 valence electrons. The third kappa shape index (κ3) is 4.65. The molecule has 7 heteroatoms. The van der Waals surface area contributed by atoms with Crippen molar-refractivity contribution in [1.82, 2.24) is 14.7 Å². The van der Waals surface area contributed by atoms with Crippen LogP contribution in [-0.2, 0) is 6.54 Å². The maximum atomic E-state index is 13.6. The lowest BCUT2D eigenvalue weighted by Gasteiger charge is -2.36. The molecule has 1 fully saturated rings. The molecule has 1 aliphatic heterocycles. The monoisotopic (exact) mass is 470 g/mol. The van der Waals surface area contributed by atoms with Gasteiger partial charge in [0.15, 0.2) is 5.78 Å². The van der Waals surface area contributed by atoms with Gasteiger partial charge in [-0.3, -0.25) is 14.3 Å². The van der Waals surface area contributed by atoms with Crippen LogP contribution in [0.4, 0.5) is 5.69 Å². The molecule has 5 rings (SSSR count). The minimum absolute atomic E-state index is 0.0225. The highest BCUT2D eigenvalue weighted by Gasteiger charge is 2.27. The number of carbonyl (C=O) groups is 2. The highest BCUT2D eigenvalue weighted by atomic mass is 32.1. The molecule has 0 unspecified atom stereocenters. The molecule has 2 aromatic heterocycles. The Hall–Kier alpha value is -3.71. The van der Waals surface area contributed by atoms with Crippen LogP contribution >= 0.6 is 11.3 Å². The van der Waals surface area contributed by atoms with Crippen molar-refractivity contribution in [3.63, 3.8) is 0 Å². The number of anilines is 1. The second kappa shape index (κ2) is 9.65. The Balaban J connectivity index is 1.32. The number of thiophene rings is 1. The summed E-state index contributed by atoms with van der Waals surface area (Å²) in [5.74, 6) is 0.0885. The van der Waals surface area contributed by atoms with Gasteiger partial charge in [-0.15, -0.1) is 11.3 Å². The Morgan fingerprint density at radius 1 is 0.912 bits per heavy atom. The molecule has 0 bridgehead atoms. The Morgan fingerprint density at radius 2 is 1.65 bits per heavy atom. The van der Waals surface area contributed by atoms with Gasteiger partial charge < -0.3 is 9.80 Å². The normalized spacial score (nSPS) is 13.8. The minimum atomic E-state index is 0.0225. The molecule has 0 saturated carbocycles. The Morgan fingerprint density at radius 3 is 2.29 bits per heavy atom. The zero-order chi connectivity index (χ0) is 23.5. The molecule has 1 aliphatic rings. The SMILES string of the molecule is CC(=O)c1ccc(N2CCN(C(=O)c3cn(Cc4ccccc4)nc3-c3cccs3)CC2)cc1. The molecular formula is C27H26N4O2S. The Bertz CT molecular complexity index is 1270. The number of aromatic nitrogens is 2. The van der Waals surface area contributed by atoms with Crippen LogP contribution in [-0.4, -0.2) is 52.5 Å². The van der Waals surface area contributed by atoms with Crippen LogP contribution in [0.1, 0.15) is 33.2 Å². The van der Waals surface area contributed by atoms with E-state index in [1.54, 1.807) is 18.3 Å². The molecule has 0 spiro atoms. The third-order valence-corrected chi connectivity index (χ3v) is 7.02. The summed E-state index contributed by atoms with van der Waals surface area (Å²) in [6.45, 7) is 4.97. The molecule has 6 nitrogen and oxygen atoms in total. The van der Waals surface area contributed by atoms with E-state index >= 15 is 0 Å². The molecule has 0 radical (unpaired) electrons. The summed E-state index contributed by atoms with van der Waals surface area (Å²) in [5.41, 5.74) is 4.33. The number of ketones is 1. The van der Waals surface area contributed by atoms with Crippen LogP contribution < -0.4 is 4.90 Å². The van der Waals surface area contributed by atoms with Crippen molar-refractivity contribution in [2.24, 2.45) is 0 Å². The van der Waals surface area contributed by atoms with Crippen LogP contribution in [0.15, 0.2) is 78.3 Å². The fraction of sp³-hybridized carbons (Fsp3) is 0.222. The second-order valence-corrected chi connectivity index (χ2v) is 9.38. The Labute approximate surface area is 203 Å². The predicted molar refractivity (Wildman–Crippen MR) is 136 cm³/mol. The number of benzene rings is 2. The summed E-state index contributed by atoms with van der Waals surface area (Å²) in [4.78, 5) is 30.3. The molecule has 3 heterocycles. The second-order valence-electron chi connectivity index (χ2n) is 8.43. The van der Waals surface area contributed by atoms with Crippen LogP contribution in [0.25, 0.3) is 10.6 Å². The summed E-state index contributed by atoms with van der Waals surface area (Å²) in [5, 5.41) is 6.80. The maximum Gasteiger partial charge on any atom is 0.257 e. The Kier molecular flexibility index (Phi) is 6.27. The van der Waals surface area contributed by atoms with Gasteiger partial charge in [0.25, 0.3) is 5.91 Å². The van der Waals surface area contributed by atoms with Gasteiger partial charge in [-0.1, -0.05) is 36.4 Å². The van der Waals surface area contributed by atoms with Crippen LogP contribution in [0, 0.1) is 0 Å². The number of hydrogen-bond acceptors (Lipinski definition) is 5. The number of amides is 1. The molecule has 1 saturated heterocycles. The molecule has 4 aromatic rings. The van der Waals surface area contributed by atoms with Gasteiger partial charge in [0, 0.05) is 43.6 Å². The lowest BCUT2D eigenvalue weighted by Crippen LogP contribution is -2.48. The fourth-order valence-corrected chi connectivity index (χ4v) is 4.99. The highest BCUT2D eigenvalue weighted by Crippen LogP contribution is 2.28. The van der Waals surface area contributed by atoms with Crippen molar-refractivity contribution in [2.75, 3.05) is 31.1 Å². The molecule has 0 N–H and O–H groups in total. The summed E-state index contributed by atoms with van der Waals surface area (Å²) in [6, 6.07) is 21.8. The van der Waals surface area contributed by atoms with Gasteiger partial charge in [-0.05, 0) is 48.2 Å². The third-order valence-electron chi connectivity index (χ3n) is 6.14. The van der Waals surface area contributed by atoms with E-state index in [2.05, 4.69) is 17.0 Å². The van der Waals surface area contributed by atoms with Gasteiger partial charge >= 0.3 is 0 Å². The summed E-state index contributed by atoms with van der Waals surface area (Å²) in [6.07, 6.45) is 1.89. The average Bonchev–Trinajstić information content (AvgIpc) is 3.55. The quantitative estimate of drug-likeness (QED) is 0.379. The van der Waals surface area contributed by atoms with E-state index in [1.807, 2.05) is 75.8 Å². The number of carbonyl (C=O) groups excluding carboxylic acids is 2. The summed E-state index contributed by atoms with van der Waals surface area (Å²) >= 11 is 1.60. The smallest absolute Gasteiger partial charge is 0.257 e. The lowest BCUT2D eigenvalue weighted by atomic mass is 10.1. The average molecular weight is 471 g/mol. The van der Waals surface area contributed by atoms with E-state index < -0.39 is 0 Å². The van der Waals surface area contributed by atoms with Gasteiger partial charge in [0.05, 0.1) is 17.0 Å². The van der Waals surface area contributed by atoms with Gasteiger partial charge in [0.2, 0.25) is 0 Å². The first-order valence-electron chi connectivity index (χ1n) is 11.4. The van der Waals surface area contributed by atoms with E-state index in [0.29, 0.717) is 30.8 Å². The molecule has 0 atom stereocenters. The van der Waals surface area contributed by atoms with Crippen molar-refractivity contribution < 1.29 is 9.59 Å². The maximum absolute atomic E-state index is 13.6. The van der Waals surface area contributed by atoms with E-state index in [-0.39, 0.29) is 11.7 Å². The number of piperazine rings is 1. The predicted octanol–water partition coefficient (Wildman–Crippen LogP) is 4.82. The number of Topliss-reactive ketones (excluding diaryl/α,β-unsaturated/α-hetero) is 1. The fourth-order valence-electron chi connectivity index (χ4n) is 4.27. The van der Waals surface area contributed by atoms with E-state index in [1.165, 1.54) is 0 Å². The molecular weight excluding hydrogens is 444 g/mol. The van der Waals surface area contributed by atoms with Crippen molar-refractivity contribution >= 4 is 28.7 Å². The van der Waals surface area contributed by atoms with E-state index in [4.69, 9.17) is 5.10 Å². The zero-order valence-electron chi connectivity index (χ0n) is 19.1. The van der Waals surface area contributed by atoms with Gasteiger partial charge in [0.1, 0.15) is 5.69 Å². The first-order chi connectivity index (χ1) is 16.6. The molecule has 1 amide bonds. The van der Waals surface area contributed by atoms with Crippen molar-refractivity contribution in [3.8, 4) is 10.6 Å². The lowest BCUT2D eigenvalue weighted by molar-refractivity contribution is 0.0747. The topological polar surface area (TPSA) is 58.4 Å². The summed E-state index contributed by atoms with van der Waals surface area (Å²) in [7, 11) is 0. The summed E-state index contributed by atoms with van der Waals surface area (Å²) < 4.78 is 1.87. The first-order valence-corrected chi connectivity index (χ1v) is 12.3. The number of rotatable bonds is 6. The van der Waals surface area contributed by atoms with Crippen molar-refractivity contribution in [1.29, 1.82) is 0 Å². The van der Waals surface area contributed by atoms with Crippen molar-refractivity contribution in [2.45, 2.75) is 13.5 Å². The van der Waals surface area contributed by atoms with Crippen LogP contribution in [0.2, 0.25) is 0 Å². The molecule has 34 heavy (non-hydrogen) atoms. The number of nitrogens with zero attached hydrogens (tertiary/aromatic N) is 4. The highest BCUT2D eigenvalue weighted by molar-refractivity contribution is 7.13. The molecule has 2 aromatic carbocycles. The largest absolute Gasteiger partial charge is 0.368 e. The molecule has 0 aliphatic carbocycles. The minimum Gasteiger partial charge on any atom is -0.368 e. The van der Waals surface area contributed by atoms with Gasteiger partial charge in [-0.25, -0.2) is 0 Å². The zero-order valence-corrected chi connectivity index (χ0v) is 19.9. The van der Waals surface area contributed by atoms with Crippen molar-refractivity contribution in [3.05, 3.63) is 95.0 Å². The van der Waals surface area contributed by atoms with Crippen LogP contribution in [0.3, 0.4) is 0 Å². The van der Waals surface area contributed by atoms with Crippen LogP contribution in [0.5, 0.6) is 0 Å².